The van der Waals surface area contributed by atoms with E-state index < -0.39 is 9.84 Å². The predicted octanol–water partition coefficient (Wildman–Crippen LogP) is 1.30. The molecule has 0 radical (unpaired) electrons. The van der Waals surface area contributed by atoms with E-state index in [1.807, 2.05) is 0 Å². The second kappa shape index (κ2) is 4.38. The van der Waals surface area contributed by atoms with Gasteiger partial charge in [-0.25, -0.2) is 13.4 Å². The summed E-state index contributed by atoms with van der Waals surface area (Å²) in [4.78, 5) is 3.69. The molecule has 0 fully saturated rings. The summed E-state index contributed by atoms with van der Waals surface area (Å²) in [6.45, 7) is -0.167. The topological polar surface area (TPSA) is 81.8 Å². The first-order chi connectivity index (χ1) is 7.97. The first-order valence-corrected chi connectivity index (χ1v) is 6.58. The highest BCUT2D eigenvalue weighted by atomic mass is 35.5. The number of ether oxygens (including phenoxy) is 1. The number of hydrogen-bond acceptors (Lipinski definition) is 5. The third kappa shape index (κ3) is 2.78. The first-order valence-electron chi connectivity index (χ1n) is 4.65. The van der Waals surface area contributed by atoms with Gasteiger partial charge in [0, 0.05) is 5.02 Å². The number of nitrogens with zero attached hydrogens (tertiary/aromatic N) is 1. The molecule has 1 heterocycles. The van der Waals surface area contributed by atoms with Crippen LogP contribution in [0.5, 0.6) is 5.75 Å². The Morgan fingerprint density at radius 1 is 1.41 bits per heavy atom. The largest absolute Gasteiger partial charge is 0.486 e. The smallest absolute Gasteiger partial charge is 0.220 e. The Morgan fingerprint density at radius 3 is 2.76 bits per heavy atom. The van der Waals surface area contributed by atoms with E-state index in [1.165, 1.54) is 0 Å². The van der Waals surface area contributed by atoms with Gasteiger partial charge in [-0.1, -0.05) is 17.7 Å². The van der Waals surface area contributed by atoms with Crippen molar-refractivity contribution in [2.75, 3.05) is 6.61 Å². The van der Waals surface area contributed by atoms with E-state index in [-0.39, 0.29) is 17.5 Å². The Morgan fingerprint density at radius 2 is 2.18 bits per heavy atom. The van der Waals surface area contributed by atoms with Gasteiger partial charge in [-0.3, -0.25) is 0 Å². The van der Waals surface area contributed by atoms with Crippen LogP contribution in [-0.2, 0) is 9.84 Å². The Kier molecular flexibility index (Phi) is 3.08. The van der Waals surface area contributed by atoms with Crippen LogP contribution in [0, 0.1) is 0 Å². The molecule has 0 saturated heterocycles. The van der Waals surface area contributed by atoms with Crippen LogP contribution in [0.25, 0.3) is 0 Å². The zero-order valence-corrected chi connectivity index (χ0v) is 10.2. The van der Waals surface area contributed by atoms with Crippen LogP contribution < -0.4 is 10.5 Å². The van der Waals surface area contributed by atoms with E-state index in [4.69, 9.17) is 22.1 Å². The van der Waals surface area contributed by atoms with E-state index >= 15 is 0 Å². The third-order valence-corrected chi connectivity index (χ3v) is 3.67. The molecule has 0 aliphatic carbocycles. The molecule has 1 aromatic carbocycles. The highest BCUT2D eigenvalue weighted by Gasteiger charge is 2.24. The Hall–Kier alpha value is -1.53. The van der Waals surface area contributed by atoms with Gasteiger partial charge in [-0.05, 0) is 18.2 Å². The number of aliphatic imine (C=N–C) groups is 1. The minimum Gasteiger partial charge on any atom is -0.486 e. The fourth-order valence-electron chi connectivity index (χ4n) is 1.28. The van der Waals surface area contributed by atoms with Crippen molar-refractivity contribution in [3.8, 4) is 5.75 Å². The Bertz CT molecular complexity index is 608. The van der Waals surface area contributed by atoms with Crippen LogP contribution in [0.3, 0.4) is 0 Å². The van der Waals surface area contributed by atoms with Gasteiger partial charge < -0.3 is 10.5 Å². The second-order valence-electron chi connectivity index (χ2n) is 3.34. The van der Waals surface area contributed by atoms with Crippen LogP contribution in [-0.4, -0.2) is 20.1 Å². The van der Waals surface area contributed by atoms with Crippen molar-refractivity contribution >= 4 is 26.5 Å². The molecule has 0 saturated carbocycles. The molecule has 17 heavy (non-hydrogen) atoms. The lowest BCUT2D eigenvalue weighted by Crippen LogP contribution is -2.17. The molecular weight excluding hydrogens is 264 g/mol. The zero-order valence-electron chi connectivity index (χ0n) is 8.63. The van der Waals surface area contributed by atoms with Gasteiger partial charge >= 0.3 is 0 Å². The molecule has 1 aromatic rings. The van der Waals surface area contributed by atoms with Crippen molar-refractivity contribution in [2.45, 2.75) is 0 Å². The van der Waals surface area contributed by atoms with Crippen molar-refractivity contribution in [2.24, 2.45) is 10.7 Å². The van der Waals surface area contributed by atoms with Crippen LogP contribution in [0.4, 0.5) is 0 Å². The summed E-state index contributed by atoms with van der Waals surface area (Å²) in [5, 5.41) is 1.32. The maximum atomic E-state index is 11.5. The van der Waals surface area contributed by atoms with Crippen molar-refractivity contribution in [1.82, 2.24) is 0 Å². The molecule has 0 aromatic heterocycles. The summed E-state index contributed by atoms with van der Waals surface area (Å²) in [5.41, 5.74) is 5.31. The first kappa shape index (κ1) is 11.9. The average Bonchev–Trinajstić information content (AvgIpc) is 2.48. The molecule has 0 atom stereocenters. The summed E-state index contributed by atoms with van der Waals surface area (Å²) in [7, 11) is -3.51. The van der Waals surface area contributed by atoms with Gasteiger partial charge in [0.2, 0.25) is 9.84 Å². The molecule has 0 bridgehead atoms. The zero-order chi connectivity index (χ0) is 12.5. The fraction of sp³-hybridized carbons (Fsp3) is 0.100. The molecular formula is C10H9ClN2O3S. The fourth-order valence-corrected chi connectivity index (χ4v) is 2.42. The monoisotopic (exact) mass is 272 g/mol. The second-order valence-corrected chi connectivity index (χ2v) is 5.57. The number of rotatable bonds is 3. The third-order valence-electron chi connectivity index (χ3n) is 2.02. The molecule has 1 aliphatic rings. The number of benzene rings is 1. The molecule has 0 amide bonds. The lowest BCUT2D eigenvalue weighted by atomic mass is 10.3. The van der Waals surface area contributed by atoms with E-state index in [9.17, 15) is 8.42 Å². The van der Waals surface area contributed by atoms with E-state index in [0.717, 1.165) is 5.41 Å². The minimum atomic E-state index is -3.51. The van der Waals surface area contributed by atoms with Crippen LogP contribution in [0.2, 0.25) is 5.02 Å². The molecule has 5 nitrogen and oxygen atoms in total. The van der Waals surface area contributed by atoms with Crippen LogP contribution in [0.1, 0.15) is 0 Å². The predicted molar refractivity (Wildman–Crippen MR) is 65.6 cm³/mol. The number of nitrogens with two attached hydrogens (primary N) is 1. The van der Waals surface area contributed by atoms with Crippen LogP contribution in [0.15, 0.2) is 40.5 Å². The van der Waals surface area contributed by atoms with Crippen molar-refractivity contribution < 1.29 is 13.2 Å². The number of hydrogen-bond donors (Lipinski definition) is 1. The quantitative estimate of drug-likeness (QED) is 0.899. The van der Waals surface area contributed by atoms with E-state index in [2.05, 4.69) is 4.99 Å². The Balaban J connectivity index is 2.08. The van der Waals surface area contributed by atoms with E-state index in [0.29, 0.717) is 10.8 Å². The van der Waals surface area contributed by atoms with Gasteiger partial charge in [0.05, 0.1) is 5.41 Å². The highest BCUT2D eigenvalue weighted by molar-refractivity contribution is 8.09. The molecule has 0 spiro atoms. The molecule has 0 unspecified atom stereocenters. The van der Waals surface area contributed by atoms with Crippen molar-refractivity contribution in [3.05, 3.63) is 40.5 Å². The summed E-state index contributed by atoms with van der Waals surface area (Å²) in [5.74, 6) is 0.440. The highest BCUT2D eigenvalue weighted by Crippen LogP contribution is 2.18. The average molecular weight is 273 g/mol. The van der Waals surface area contributed by atoms with Gasteiger partial charge in [0.25, 0.3) is 0 Å². The SMILES string of the molecule is NC1=CS(=O)(=O)C(COc2cccc(Cl)c2)=N1. The molecule has 2 N–H and O–H groups in total. The number of halogens is 1. The molecule has 1 aliphatic heterocycles. The normalized spacial score (nSPS) is 17.5. The maximum absolute atomic E-state index is 11.5. The van der Waals surface area contributed by atoms with Gasteiger partial charge in [-0.15, -0.1) is 0 Å². The van der Waals surface area contributed by atoms with Crippen LogP contribution >= 0.6 is 11.6 Å². The van der Waals surface area contributed by atoms with Gasteiger partial charge in [-0.2, -0.15) is 0 Å². The summed E-state index contributed by atoms with van der Waals surface area (Å²) < 4.78 is 28.2. The number of sulfone groups is 1. The minimum absolute atomic E-state index is 0.0327. The summed E-state index contributed by atoms with van der Waals surface area (Å²) >= 11 is 5.76. The van der Waals surface area contributed by atoms with Crippen molar-refractivity contribution in [3.63, 3.8) is 0 Å². The lowest BCUT2D eigenvalue weighted by Gasteiger charge is -2.05. The van der Waals surface area contributed by atoms with Gasteiger partial charge in [0.15, 0.2) is 5.04 Å². The van der Waals surface area contributed by atoms with E-state index in [1.54, 1.807) is 24.3 Å². The standard InChI is InChI=1S/C10H9ClN2O3S/c11-7-2-1-3-8(4-7)16-5-10-13-9(12)6-17(10,14)15/h1-4,6H,5,12H2. The molecule has 7 heteroatoms. The summed E-state index contributed by atoms with van der Waals surface area (Å²) in [6.07, 6.45) is 0. The molecule has 2 rings (SSSR count). The summed E-state index contributed by atoms with van der Waals surface area (Å²) in [6, 6.07) is 6.65. The van der Waals surface area contributed by atoms with Gasteiger partial charge in [0.1, 0.15) is 18.2 Å². The maximum Gasteiger partial charge on any atom is 0.220 e. The molecule has 90 valence electrons. The Labute approximate surface area is 103 Å². The van der Waals surface area contributed by atoms with Crippen molar-refractivity contribution in [1.29, 1.82) is 0 Å². The lowest BCUT2D eigenvalue weighted by molar-refractivity contribution is 0.378.